The number of carbonyl (C=O) groups is 2. The summed E-state index contributed by atoms with van der Waals surface area (Å²) in [6.45, 7) is 0.655. The summed E-state index contributed by atoms with van der Waals surface area (Å²) in [4.78, 5) is 25.6. The Morgan fingerprint density at radius 1 is 1.40 bits per heavy atom. The zero-order chi connectivity index (χ0) is 11.3. The summed E-state index contributed by atoms with van der Waals surface area (Å²) in [6, 6.07) is 4.23. The molecule has 0 spiro atoms. The number of pyridine rings is 1. The van der Waals surface area contributed by atoms with E-state index in [1.54, 1.807) is 0 Å². The van der Waals surface area contributed by atoms with Gasteiger partial charge in [-0.05, 0) is 12.1 Å². The number of hydrogen-bond acceptors (Lipinski definition) is 4. The topological polar surface area (TPSA) is 105 Å². The third kappa shape index (κ3) is 3.03. The molecule has 0 saturated carbocycles. The zero-order valence-corrected chi connectivity index (χ0v) is 7.93. The van der Waals surface area contributed by atoms with Crippen LogP contribution in [0, 0.1) is 0 Å². The number of carboxylic acid groups (broad SMARTS) is 1. The highest BCUT2D eigenvalue weighted by molar-refractivity contribution is 5.94. The Morgan fingerprint density at radius 2 is 2.07 bits per heavy atom. The molecule has 0 saturated heterocycles. The van der Waals surface area contributed by atoms with Gasteiger partial charge in [0.25, 0.3) is 5.91 Å². The summed E-state index contributed by atoms with van der Waals surface area (Å²) in [5.41, 5.74) is 5.12. The molecule has 0 aromatic carbocycles. The van der Waals surface area contributed by atoms with Crippen molar-refractivity contribution in [3.05, 3.63) is 29.6 Å². The van der Waals surface area contributed by atoms with Gasteiger partial charge in [-0.15, -0.1) is 0 Å². The molecule has 1 rings (SSSR count). The Morgan fingerprint density at radius 3 is 2.67 bits per heavy atom. The van der Waals surface area contributed by atoms with E-state index in [4.69, 9.17) is 10.8 Å². The van der Waals surface area contributed by atoms with Crippen molar-refractivity contribution in [1.82, 2.24) is 10.3 Å². The van der Waals surface area contributed by atoms with E-state index in [1.807, 2.05) is 0 Å². The van der Waals surface area contributed by atoms with Gasteiger partial charge in [0.2, 0.25) is 0 Å². The molecule has 0 aliphatic heterocycles. The molecule has 1 aromatic rings. The molecule has 0 radical (unpaired) electrons. The molecule has 6 nitrogen and oxygen atoms in total. The second-order valence-corrected chi connectivity index (χ2v) is 2.76. The standard InChI is InChI=1S/C9H11N3O3/c10-4-5-11-8(13)6-2-1-3-7(12-6)9(14)15/h1-3H,4-5,10H2,(H,11,13)(H,14,15). The monoisotopic (exact) mass is 209 g/mol. The highest BCUT2D eigenvalue weighted by atomic mass is 16.4. The number of carbonyl (C=O) groups excluding carboxylic acids is 1. The predicted molar refractivity (Wildman–Crippen MR) is 52.6 cm³/mol. The lowest BCUT2D eigenvalue weighted by Crippen LogP contribution is -2.29. The van der Waals surface area contributed by atoms with Gasteiger partial charge in [-0.3, -0.25) is 4.79 Å². The Balaban J connectivity index is 2.81. The first kappa shape index (κ1) is 11.1. The average Bonchev–Trinajstić information content (AvgIpc) is 2.26. The van der Waals surface area contributed by atoms with Crippen molar-refractivity contribution in [2.45, 2.75) is 0 Å². The van der Waals surface area contributed by atoms with Crippen molar-refractivity contribution < 1.29 is 14.7 Å². The lowest BCUT2D eigenvalue weighted by Gasteiger charge is -2.02. The number of rotatable bonds is 4. The minimum atomic E-state index is -1.16. The van der Waals surface area contributed by atoms with E-state index in [0.717, 1.165) is 0 Å². The van der Waals surface area contributed by atoms with Crippen LogP contribution in [-0.2, 0) is 0 Å². The van der Waals surface area contributed by atoms with Crippen molar-refractivity contribution in [2.75, 3.05) is 13.1 Å². The highest BCUT2D eigenvalue weighted by Crippen LogP contribution is 1.99. The minimum absolute atomic E-state index is 0.0725. The van der Waals surface area contributed by atoms with Crippen LogP contribution in [0.1, 0.15) is 21.0 Å². The molecular weight excluding hydrogens is 198 g/mol. The number of carboxylic acids is 1. The molecule has 0 aliphatic carbocycles. The van der Waals surface area contributed by atoms with E-state index in [2.05, 4.69) is 10.3 Å². The number of aromatic carboxylic acids is 1. The molecule has 0 atom stereocenters. The Bertz CT molecular complexity index is 379. The summed E-state index contributed by atoms with van der Waals surface area (Å²) in [6.07, 6.45) is 0. The first-order valence-electron chi connectivity index (χ1n) is 4.33. The Labute approximate surface area is 86.1 Å². The molecule has 0 fully saturated rings. The van der Waals surface area contributed by atoms with Crippen LogP contribution >= 0.6 is 0 Å². The predicted octanol–water partition coefficient (Wildman–Crippen LogP) is -0.532. The minimum Gasteiger partial charge on any atom is -0.477 e. The molecule has 0 bridgehead atoms. The van der Waals surface area contributed by atoms with E-state index in [-0.39, 0.29) is 11.4 Å². The van der Waals surface area contributed by atoms with Crippen molar-refractivity contribution in [3.63, 3.8) is 0 Å². The van der Waals surface area contributed by atoms with Crippen molar-refractivity contribution in [3.8, 4) is 0 Å². The SMILES string of the molecule is NCCNC(=O)c1cccc(C(=O)O)n1. The molecule has 0 aliphatic rings. The van der Waals surface area contributed by atoms with Gasteiger partial charge in [0.15, 0.2) is 0 Å². The van der Waals surface area contributed by atoms with Crippen LogP contribution in [0.3, 0.4) is 0 Å². The largest absolute Gasteiger partial charge is 0.477 e. The van der Waals surface area contributed by atoms with Crippen molar-refractivity contribution >= 4 is 11.9 Å². The normalized spacial score (nSPS) is 9.67. The summed E-state index contributed by atoms with van der Waals surface area (Å²) < 4.78 is 0. The Kier molecular flexibility index (Phi) is 3.75. The van der Waals surface area contributed by atoms with Gasteiger partial charge in [-0.25, -0.2) is 9.78 Å². The fourth-order valence-electron chi connectivity index (χ4n) is 0.957. The van der Waals surface area contributed by atoms with Crippen molar-refractivity contribution in [2.24, 2.45) is 5.73 Å². The van der Waals surface area contributed by atoms with Gasteiger partial charge in [-0.2, -0.15) is 0 Å². The molecule has 4 N–H and O–H groups in total. The molecule has 80 valence electrons. The summed E-state index contributed by atoms with van der Waals surface area (Å²) in [7, 11) is 0. The third-order valence-electron chi connectivity index (χ3n) is 1.63. The second-order valence-electron chi connectivity index (χ2n) is 2.76. The summed E-state index contributed by atoms with van der Waals surface area (Å²) >= 11 is 0. The molecule has 15 heavy (non-hydrogen) atoms. The van der Waals surface area contributed by atoms with Gasteiger partial charge in [0, 0.05) is 13.1 Å². The van der Waals surface area contributed by atoms with E-state index >= 15 is 0 Å². The number of nitrogens with two attached hydrogens (primary N) is 1. The van der Waals surface area contributed by atoms with Gasteiger partial charge >= 0.3 is 5.97 Å². The summed E-state index contributed by atoms with van der Waals surface area (Å²) in [5.74, 6) is -1.59. The second kappa shape index (κ2) is 5.06. The fraction of sp³-hybridized carbons (Fsp3) is 0.222. The molecule has 0 unspecified atom stereocenters. The maximum absolute atomic E-state index is 11.4. The molecule has 1 amide bonds. The number of nitrogens with one attached hydrogen (secondary N) is 1. The number of amides is 1. The van der Waals surface area contributed by atoms with Gasteiger partial charge in [0.05, 0.1) is 0 Å². The molecular formula is C9H11N3O3. The van der Waals surface area contributed by atoms with Gasteiger partial charge in [-0.1, -0.05) is 6.07 Å². The first-order chi connectivity index (χ1) is 7.15. The van der Waals surface area contributed by atoms with Gasteiger partial charge < -0.3 is 16.2 Å². The summed E-state index contributed by atoms with van der Waals surface area (Å²) in [5, 5.41) is 11.1. The lowest BCUT2D eigenvalue weighted by molar-refractivity contribution is 0.0690. The van der Waals surface area contributed by atoms with Crippen LogP contribution in [0.15, 0.2) is 18.2 Å². The first-order valence-corrected chi connectivity index (χ1v) is 4.33. The fourth-order valence-corrected chi connectivity index (χ4v) is 0.957. The van der Waals surface area contributed by atoms with Gasteiger partial charge in [0.1, 0.15) is 11.4 Å². The van der Waals surface area contributed by atoms with Crippen molar-refractivity contribution in [1.29, 1.82) is 0 Å². The Hall–Kier alpha value is -1.95. The van der Waals surface area contributed by atoms with Crippen LogP contribution in [-0.4, -0.2) is 35.1 Å². The maximum Gasteiger partial charge on any atom is 0.354 e. The van der Waals surface area contributed by atoms with Crippen LogP contribution in [0.5, 0.6) is 0 Å². The van der Waals surface area contributed by atoms with Crippen LogP contribution in [0.4, 0.5) is 0 Å². The highest BCUT2D eigenvalue weighted by Gasteiger charge is 2.10. The van der Waals surface area contributed by atoms with E-state index in [0.29, 0.717) is 13.1 Å². The van der Waals surface area contributed by atoms with Crippen LogP contribution < -0.4 is 11.1 Å². The number of nitrogens with zero attached hydrogens (tertiary/aromatic N) is 1. The van der Waals surface area contributed by atoms with Crippen LogP contribution in [0.25, 0.3) is 0 Å². The maximum atomic E-state index is 11.4. The van der Waals surface area contributed by atoms with E-state index in [9.17, 15) is 9.59 Å². The molecule has 1 heterocycles. The quantitative estimate of drug-likeness (QED) is 0.618. The molecule has 1 aromatic heterocycles. The van der Waals surface area contributed by atoms with E-state index < -0.39 is 11.9 Å². The smallest absolute Gasteiger partial charge is 0.354 e. The average molecular weight is 209 g/mol. The zero-order valence-electron chi connectivity index (χ0n) is 7.93. The third-order valence-corrected chi connectivity index (χ3v) is 1.63. The van der Waals surface area contributed by atoms with Crippen LogP contribution in [0.2, 0.25) is 0 Å². The number of aromatic nitrogens is 1. The molecule has 6 heteroatoms. The lowest BCUT2D eigenvalue weighted by atomic mass is 10.3. The van der Waals surface area contributed by atoms with E-state index in [1.165, 1.54) is 18.2 Å². The number of hydrogen-bond donors (Lipinski definition) is 3.